The maximum Gasteiger partial charge on any atom is 0.289 e. The van der Waals surface area contributed by atoms with Gasteiger partial charge in [-0.1, -0.05) is 25.0 Å². The lowest BCUT2D eigenvalue weighted by Crippen LogP contribution is -2.41. The van der Waals surface area contributed by atoms with E-state index in [0.717, 1.165) is 24.5 Å². The summed E-state index contributed by atoms with van der Waals surface area (Å²) in [6.45, 7) is 3.23. The molecule has 3 heterocycles. The minimum atomic E-state index is -0.0969. The van der Waals surface area contributed by atoms with E-state index < -0.39 is 0 Å². The molecule has 2 aliphatic heterocycles. The van der Waals surface area contributed by atoms with Crippen molar-refractivity contribution in [2.45, 2.75) is 38.5 Å². The number of anilines is 2. The number of carbonyl (C=O) groups excluding carboxylic acids is 2. The van der Waals surface area contributed by atoms with Gasteiger partial charge in [0.1, 0.15) is 0 Å². The van der Waals surface area contributed by atoms with Crippen molar-refractivity contribution >= 4 is 23.2 Å². The lowest BCUT2D eigenvalue weighted by atomic mass is 9.95. The maximum absolute atomic E-state index is 12.9. The van der Waals surface area contributed by atoms with Gasteiger partial charge in [0.15, 0.2) is 5.76 Å². The zero-order chi connectivity index (χ0) is 20.1. The molecule has 2 amide bonds. The van der Waals surface area contributed by atoms with Crippen molar-refractivity contribution in [3.05, 3.63) is 48.4 Å². The highest BCUT2D eigenvalue weighted by molar-refractivity contribution is 5.96. The van der Waals surface area contributed by atoms with Crippen LogP contribution in [0.25, 0.3) is 0 Å². The number of hydrogen-bond acceptors (Lipinski definition) is 4. The molecule has 2 saturated heterocycles. The number of nitrogens with one attached hydrogen (secondary N) is 1. The summed E-state index contributed by atoms with van der Waals surface area (Å²) in [5.74, 6) is 0.241. The van der Waals surface area contributed by atoms with Crippen LogP contribution in [0.1, 0.15) is 49.1 Å². The predicted molar refractivity (Wildman–Crippen MR) is 113 cm³/mol. The first-order valence-corrected chi connectivity index (χ1v) is 10.7. The van der Waals surface area contributed by atoms with Gasteiger partial charge in [-0.2, -0.15) is 0 Å². The molecule has 0 unspecified atom stereocenters. The van der Waals surface area contributed by atoms with E-state index in [1.54, 1.807) is 17.0 Å². The molecule has 6 nitrogen and oxygen atoms in total. The van der Waals surface area contributed by atoms with Crippen LogP contribution >= 0.6 is 0 Å². The van der Waals surface area contributed by atoms with E-state index in [9.17, 15) is 9.59 Å². The molecular weight excluding hydrogens is 366 g/mol. The molecule has 0 radical (unpaired) electrons. The fourth-order valence-electron chi connectivity index (χ4n) is 4.30. The Balaban J connectivity index is 1.36. The van der Waals surface area contributed by atoms with Crippen molar-refractivity contribution in [3.8, 4) is 0 Å². The SMILES string of the molecule is O=C(Nc1ccccc1N1CCCCCC1)C1CCN(C(=O)c2ccco2)CC1. The summed E-state index contributed by atoms with van der Waals surface area (Å²) in [7, 11) is 0. The van der Waals surface area contributed by atoms with E-state index in [1.807, 2.05) is 18.2 Å². The number of benzene rings is 1. The highest BCUT2D eigenvalue weighted by atomic mass is 16.3. The largest absolute Gasteiger partial charge is 0.459 e. The van der Waals surface area contributed by atoms with E-state index in [2.05, 4.69) is 16.3 Å². The van der Waals surface area contributed by atoms with Crippen LogP contribution in [0, 0.1) is 5.92 Å². The summed E-state index contributed by atoms with van der Waals surface area (Å²) in [5.41, 5.74) is 2.02. The van der Waals surface area contributed by atoms with Crippen LogP contribution in [-0.4, -0.2) is 42.9 Å². The van der Waals surface area contributed by atoms with Crippen molar-refractivity contribution in [1.29, 1.82) is 0 Å². The van der Waals surface area contributed by atoms with Crippen molar-refractivity contribution in [3.63, 3.8) is 0 Å². The third kappa shape index (κ3) is 4.63. The minimum absolute atomic E-state index is 0.0531. The molecule has 0 atom stereocenters. The Kier molecular flexibility index (Phi) is 6.17. The number of para-hydroxylation sites is 2. The van der Waals surface area contributed by atoms with E-state index in [-0.39, 0.29) is 17.7 Å². The predicted octanol–water partition coefficient (Wildman–Crippen LogP) is 4.15. The molecule has 0 bridgehead atoms. The number of carbonyl (C=O) groups is 2. The van der Waals surface area contributed by atoms with Gasteiger partial charge in [0, 0.05) is 32.1 Å². The third-order valence-electron chi connectivity index (χ3n) is 5.99. The molecule has 29 heavy (non-hydrogen) atoms. The minimum Gasteiger partial charge on any atom is -0.459 e. The van der Waals surface area contributed by atoms with Gasteiger partial charge in [-0.25, -0.2) is 0 Å². The summed E-state index contributed by atoms with van der Waals surface area (Å²) in [6, 6.07) is 11.5. The maximum atomic E-state index is 12.9. The van der Waals surface area contributed by atoms with Gasteiger partial charge in [0.25, 0.3) is 5.91 Å². The highest BCUT2D eigenvalue weighted by Gasteiger charge is 2.29. The number of amides is 2. The van der Waals surface area contributed by atoms with Crippen molar-refractivity contribution in [1.82, 2.24) is 4.90 Å². The lowest BCUT2D eigenvalue weighted by molar-refractivity contribution is -0.121. The first-order valence-electron chi connectivity index (χ1n) is 10.7. The van der Waals surface area contributed by atoms with Crippen molar-refractivity contribution in [2.75, 3.05) is 36.4 Å². The van der Waals surface area contributed by atoms with Crippen LogP contribution in [0.3, 0.4) is 0 Å². The van der Waals surface area contributed by atoms with E-state index in [0.29, 0.717) is 31.7 Å². The Bertz CT molecular complexity index is 818. The molecular formula is C23H29N3O3. The van der Waals surface area contributed by atoms with Gasteiger partial charge in [-0.3, -0.25) is 9.59 Å². The van der Waals surface area contributed by atoms with E-state index in [4.69, 9.17) is 4.42 Å². The average molecular weight is 396 g/mol. The van der Waals surface area contributed by atoms with Crippen LogP contribution in [0.5, 0.6) is 0 Å². The van der Waals surface area contributed by atoms with Gasteiger partial charge in [0.05, 0.1) is 17.6 Å². The molecule has 1 aromatic carbocycles. The summed E-state index contributed by atoms with van der Waals surface area (Å²) < 4.78 is 5.21. The van der Waals surface area contributed by atoms with Crippen LogP contribution in [-0.2, 0) is 4.79 Å². The first kappa shape index (κ1) is 19.6. The van der Waals surface area contributed by atoms with Gasteiger partial charge in [0.2, 0.25) is 5.91 Å². The summed E-state index contributed by atoms with van der Waals surface area (Å²) >= 11 is 0. The average Bonchev–Trinajstić information content (AvgIpc) is 3.16. The molecule has 2 aliphatic rings. The van der Waals surface area contributed by atoms with Gasteiger partial charge >= 0.3 is 0 Å². The molecule has 2 fully saturated rings. The summed E-state index contributed by atoms with van der Waals surface area (Å²) in [6.07, 6.45) is 7.80. The number of likely N-dealkylation sites (tertiary alicyclic amines) is 1. The molecule has 1 aromatic heterocycles. The van der Waals surface area contributed by atoms with E-state index in [1.165, 1.54) is 31.9 Å². The number of hydrogen-bond donors (Lipinski definition) is 1. The molecule has 0 spiro atoms. The normalized spacial score (nSPS) is 18.3. The zero-order valence-corrected chi connectivity index (χ0v) is 16.8. The number of furan rings is 1. The molecule has 0 saturated carbocycles. The van der Waals surface area contributed by atoms with Crippen molar-refractivity contribution in [2.24, 2.45) is 5.92 Å². The third-order valence-corrected chi connectivity index (χ3v) is 5.99. The molecule has 4 rings (SSSR count). The van der Waals surface area contributed by atoms with Crippen LogP contribution in [0.4, 0.5) is 11.4 Å². The highest BCUT2D eigenvalue weighted by Crippen LogP contribution is 2.29. The fourth-order valence-corrected chi connectivity index (χ4v) is 4.30. The lowest BCUT2D eigenvalue weighted by Gasteiger charge is -2.31. The Morgan fingerprint density at radius 3 is 2.31 bits per heavy atom. The Morgan fingerprint density at radius 1 is 0.897 bits per heavy atom. The smallest absolute Gasteiger partial charge is 0.289 e. The Morgan fingerprint density at radius 2 is 1.62 bits per heavy atom. The van der Waals surface area contributed by atoms with Crippen LogP contribution in [0.15, 0.2) is 47.1 Å². The van der Waals surface area contributed by atoms with Gasteiger partial charge < -0.3 is 19.5 Å². The standard InChI is InChI=1S/C23H29N3O3/c27-22(18-11-15-26(16-12-18)23(28)21-10-7-17-29-21)24-19-8-3-4-9-20(19)25-13-5-1-2-6-14-25/h3-4,7-10,17-18H,1-2,5-6,11-16H2,(H,24,27). The second kappa shape index (κ2) is 9.16. The quantitative estimate of drug-likeness (QED) is 0.845. The van der Waals surface area contributed by atoms with Gasteiger partial charge in [-0.05, 0) is 49.9 Å². The van der Waals surface area contributed by atoms with Gasteiger partial charge in [-0.15, -0.1) is 0 Å². The summed E-state index contributed by atoms with van der Waals surface area (Å²) in [5, 5.41) is 3.17. The Hall–Kier alpha value is -2.76. The second-order valence-corrected chi connectivity index (χ2v) is 7.95. The topological polar surface area (TPSA) is 65.8 Å². The molecule has 2 aromatic rings. The fraction of sp³-hybridized carbons (Fsp3) is 0.478. The molecule has 154 valence electrons. The van der Waals surface area contributed by atoms with Crippen molar-refractivity contribution < 1.29 is 14.0 Å². The molecule has 0 aliphatic carbocycles. The Labute approximate surface area is 171 Å². The van der Waals surface area contributed by atoms with Crippen LogP contribution < -0.4 is 10.2 Å². The molecule has 1 N–H and O–H groups in total. The number of nitrogens with zero attached hydrogens (tertiary/aromatic N) is 2. The summed E-state index contributed by atoms with van der Waals surface area (Å²) in [4.78, 5) is 29.5. The zero-order valence-electron chi connectivity index (χ0n) is 16.8. The number of piperidine rings is 1. The van der Waals surface area contributed by atoms with E-state index >= 15 is 0 Å². The van der Waals surface area contributed by atoms with Crippen LogP contribution in [0.2, 0.25) is 0 Å². The first-order chi connectivity index (χ1) is 14.2. The monoisotopic (exact) mass is 395 g/mol. The second-order valence-electron chi connectivity index (χ2n) is 7.95. The number of rotatable bonds is 4. The molecule has 6 heteroatoms.